The second kappa shape index (κ2) is 8.92. The third kappa shape index (κ3) is 4.25. The summed E-state index contributed by atoms with van der Waals surface area (Å²) in [5.41, 5.74) is 4.00. The lowest BCUT2D eigenvalue weighted by Gasteiger charge is -2.24. The predicted octanol–water partition coefficient (Wildman–Crippen LogP) is 6.17. The first-order valence-corrected chi connectivity index (χ1v) is 11.4. The number of amides is 1. The van der Waals surface area contributed by atoms with Crippen LogP contribution in [0.1, 0.15) is 38.0 Å². The second-order valence-corrected chi connectivity index (χ2v) is 8.92. The third-order valence-electron chi connectivity index (χ3n) is 5.69. The van der Waals surface area contributed by atoms with Crippen molar-refractivity contribution in [3.05, 3.63) is 106 Å². The number of rotatable bonds is 6. The van der Waals surface area contributed by atoms with Gasteiger partial charge >= 0.3 is 5.97 Å². The molecule has 0 aliphatic carbocycles. The molecule has 164 valence electrons. The summed E-state index contributed by atoms with van der Waals surface area (Å²) in [6.07, 6.45) is 0.269. The Hall–Kier alpha value is -3.90. The lowest BCUT2D eigenvalue weighted by molar-refractivity contribution is -0.116. The van der Waals surface area contributed by atoms with Gasteiger partial charge in [-0.2, -0.15) is 0 Å². The molecule has 1 unspecified atom stereocenters. The lowest BCUT2D eigenvalue weighted by Crippen LogP contribution is -2.22. The van der Waals surface area contributed by atoms with Gasteiger partial charge in [-0.1, -0.05) is 72.8 Å². The summed E-state index contributed by atoms with van der Waals surface area (Å²) in [7, 11) is 0. The Kier molecular flexibility index (Phi) is 5.67. The smallest absolute Gasteiger partial charge is 0.346 e. The minimum Gasteiger partial charge on any atom is -0.489 e. The maximum Gasteiger partial charge on any atom is 0.346 e. The van der Waals surface area contributed by atoms with Crippen LogP contribution in [0.4, 0.5) is 5.69 Å². The Bertz CT molecular complexity index is 1300. The van der Waals surface area contributed by atoms with E-state index in [9.17, 15) is 14.7 Å². The van der Waals surface area contributed by atoms with E-state index in [2.05, 4.69) is 5.32 Å². The van der Waals surface area contributed by atoms with Crippen molar-refractivity contribution >= 4 is 28.9 Å². The molecular formula is C27H21NO4S. The molecule has 1 aliphatic rings. The molecule has 0 saturated carbocycles. The zero-order chi connectivity index (χ0) is 22.8. The highest BCUT2D eigenvalue weighted by molar-refractivity contribution is 7.15. The van der Waals surface area contributed by atoms with Crippen molar-refractivity contribution < 1.29 is 19.4 Å². The van der Waals surface area contributed by atoms with Crippen molar-refractivity contribution in [2.24, 2.45) is 0 Å². The van der Waals surface area contributed by atoms with Gasteiger partial charge in [0.15, 0.2) is 0 Å². The highest BCUT2D eigenvalue weighted by Crippen LogP contribution is 2.49. The molecule has 6 heteroatoms. The zero-order valence-electron chi connectivity index (χ0n) is 17.7. The van der Waals surface area contributed by atoms with Gasteiger partial charge < -0.3 is 15.2 Å². The van der Waals surface area contributed by atoms with E-state index in [0.29, 0.717) is 17.9 Å². The van der Waals surface area contributed by atoms with Crippen molar-refractivity contribution in [2.45, 2.75) is 18.9 Å². The molecule has 4 aromatic rings. The molecule has 2 heterocycles. The van der Waals surface area contributed by atoms with Gasteiger partial charge in [0.1, 0.15) is 17.2 Å². The number of thiophene rings is 1. The largest absolute Gasteiger partial charge is 0.489 e. The molecule has 33 heavy (non-hydrogen) atoms. The number of nitrogens with one attached hydrogen (secondary N) is 1. The molecule has 1 aromatic heterocycles. The number of benzene rings is 3. The molecule has 5 nitrogen and oxygen atoms in total. The summed E-state index contributed by atoms with van der Waals surface area (Å²) in [5, 5.41) is 12.8. The molecule has 1 amide bonds. The highest BCUT2D eigenvalue weighted by atomic mass is 32.1. The number of carbonyl (C=O) groups excluding carboxylic acids is 1. The molecule has 5 rings (SSSR count). The van der Waals surface area contributed by atoms with Crippen LogP contribution in [0, 0.1) is 0 Å². The van der Waals surface area contributed by atoms with E-state index in [1.165, 1.54) is 11.3 Å². The van der Waals surface area contributed by atoms with Crippen LogP contribution >= 0.6 is 11.3 Å². The number of fused-ring (bicyclic) bond motifs is 1. The van der Waals surface area contributed by atoms with E-state index in [1.807, 2.05) is 84.9 Å². The van der Waals surface area contributed by atoms with Gasteiger partial charge in [-0.3, -0.25) is 4.79 Å². The summed E-state index contributed by atoms with van der Waals surface area (Å²) < 4.78 is 5.88. The fourth-order valence-corrected chi connectivity index (χ4v) is 5.37. The molecule has 1 atom stereocenters. The molecule has 0 spiro atoms. The normalized spacial score (nSPS) is 14.9. The van der Waals surface area contributed by atoms with Crippen LogP contribution < -0.4 is 10.1 Å². The molecular weight excluding hydrogens is 434 g/mol. The number of carboxylic acids is 1. The van der Waals surface area contributed by atoms with E-state index < -0.39 is 5.97 Å². The molecule has 0 fully saturated rings. The Labute approximate surface area is 195 Å². The number of hydrogen-bond donors (Lipinski definition) is 2. The number of anilines is 1. The highest BCUT2D eigenvalue weighted by Gasteiger charge is 2.34. The van der Waals surface area contributed by atoms with Crippen molar-refractivity contribution in [3.63, 3.8) is 0 Å². The molecule has 0 saturated heterocycles. The van der Waals surface area contributed by atoms with Crippen molar-refractivity contribution in [3.8, 4) is 16.9 Å². The van der Waals surface area contributed by atoms with E-state index in [-0.39, 0.29) is 23.1 Å². The number of aromatic carboxylic acids is 1. The summed E-state index contributed by atoms with van der Waals surface area (Å²) >= 11 is 1.24. The predicted molar refractivity (Wildman–Crippen MR) is 129 cm³/mol. The molecule has 1 aliphatic heterocycles. The maximum absolute atomic E-state index is 12.6. The molecule has 2 N–H and O–H groups in total. The van der Waals surface area contributed by atoms with Crippen LogP contribution in [0.15, 0.2) is 84.9 Å². The minimum absolute atomic E-state index is 0.121. The van der Waals surface area contributed by atoms with Gasteiger partial charge in [0.25, 0.3) is 0 Å². The fraction of sp³-hybridized carbons (Fsp3) is 0.111. The van der Waals surface area contributed by atoms with Crippen LogP contribution in [0.2, 0.25) is 0 Å². The van der Waals surface area contributed by atoms with E-state index >= 15 is 0 Å². The van der Waals surface area contributed by atoms with Crippen LogP contribution in [0.5, 0.6) is 5.75 Å². The summed E-state index contributed by atoms with van der Waals surface area (Å²) in [6, 6.07) is 27.0. The molecule has 0 bridgehead atoms. The number of carboxylic acid groups (broad SMARTS) is 1. The van der Waals surface area contributed by atoms with Crippen LogP contribution in [-0.4, -0.2) is 17.0 Å². The Morgan fingerprint density at radius 2 is 1.64 bits per heavy atom. The minimum atomic E-state index is -0.995. The summed E-state index contributed by atoms with van der Waals surface area (Å²) in [5.74, 6) is -0.585. The Morgan fingerprint density at radius 3 is 2.30 bits per heavy atom. The van der Waals surface area contributed by atoms with E-state index in [0.717, 1.165) is 27.3 Å². The average molecular weight is 456 g/mol. The van der Waals surface area contributed by atoms with Gasteiger partial charge in [-0.05, 0) is 28.8 Å². The van der Waals surface area contributed by atoms with Gasteiger partial charge in [0.05, 0.1) is 5.69 Å². The fourth-order valence-electron chi connectivity index (χ4n) is 4.12. The second-order valence-electron chi connectivity index (χ2n) is 7.86. The number of hydrogen-bond acceptors (Lipinski definition) is 4. The van der Waals surface area contributed by atoms with Crippen LogP contribution in [0.3, 0.4) is 0 Å². The average Bonchev–Trinajstić information content (AvgIpc) is 3.23. The summed E-state index contributed by atoms with van der Waals surface area (Å²) in [4.78, 5) is 25.8. The zero-order valence-corrected chi connectivity index (χ0v) is 18.5. The van der Waals surface area contributed by atoms with E-state index in [4.69, 9.17) is 4.74 Å². The topological polar surface area (TPSA) is 75.6 Å². The number of carbonyl (C=O) groups is 2. The van der Waals surface area contributed by atoms with Gasteiger partial charge in [-0.25, -0.2) is 4.79 Å². The van der Waals surface area contributed by atoms with Gasteiger partial charge in [-0.15, -0.1) is 11.3 Å². The monoisotopic (exact) mass is 455 g/mol. The quantitative estimate of drug-likeness (QED) is 0.365. The molecule has 0 radical (unpaired) electrons. The Morgan fingerprint density at radius 1 is 0.970 bits per heavy atom. The van der Waals surface area contributed by atoms with Gasteiger partial charge in [0, 0.05) is 22.8 Å². The first-order chi connectivity index (χ1) is 16.1. The van der Waals surface area contributed by atoms with Crippen molar-refractivity contribution in [1.29, 1.82) is 0 Å². The Balaban J connectivity index is 1.47. The van der Waals surface area contributed by atoms with Crippen LogP contribution in [0.25, 0.3) is 11.1 Å². The maximum atomic E-state index is 12.6. The number of ether oxygens (including phenoxy) is 1. The standard InChI is InChI=1S/C27H21NO4S/c29-22-15-21(18-11-13-20(14-12-18)32-16-17-7-3-1-4-8-17)25-24(28-22)23(26(33-25)27(30)31)19-9-5-2-6-10-19/h1-14,21H,15-16H2,(H,28,29)(H,30,31). The SMILES string of the molecule is O=C1CC(c2ccc(OCc3ccccc3)cc2)c2sc(C(=O)O)c(-c3ccccc3)c2N1. The molecule has 3 aromatic carbocycles. The van der Waals surface area contributed by atoms with Crippen molar-refractivity contribution in [1.82, 2.24) is 0 Å². The van der Waals surface area contributed by atoms with E-state index in [1.54, 1.807) is 0 Å². The van der Waals surface area contributed by atoms with Crippen molar-refractivity contribution in [2.75, 3.05) is 5.32 Å². The van der Waals surface area contributed by atoms with Crippen LogP contribution in [-0.2, 0) is 11.4 Å². The lowest BCUT2D eigenvalue weighted by atomic mass is 9.88. The third-order valence-corrected chi connectivity index (χ3v) is 6.98. The summed E-state index contributed by atoms with van der Waals surface area (Å²) in [6.45, 7) is 0.476. The first kappa shape index (κ1) is 21.0. The van der Waals surface area contributed by atoms with Gasteiger partial charge in [0.2, 0.25) is 5.91 Å². The first-order valence-electron chi connectivity index (χ1n) is 10.6.